The fourth-order valence-electron chi connectivity index (χ4n) is 2.41. The first-order chi connectivity index (χ1) is 10.1. The van der Waals surface area contributed by atoms with Crippen LogP contribution in [-0.4, -0.2) is 39.7 Å². The molecule has 0 aliphatic carbocycles. The van der Waals surface area contributed by atoms with Crippen molar-refractivity contribution in [2.45, 2.75) is 12.5 Å². The minimum Gasteiger partial charge on any atom is -0.493 e. The number of ketones is 1. The number of hydrogen-bond acceptors (Lipinski definition) is 6. The number of ether oxygens (including phenoxy) is 4. The predicted octanol–water partition coefficient (Wildman–Crippen LogP) is 1.52. The lowest BCUT2D eigenvalue weighted by Crippen LogP contribution is -2.37. The van der Waals surface area contributed by atoms with E-state index in [0.29, 0.717) is 17.1 Å². The molecule has 1 aromatic carbocycles. The summed E-state index contributed by atoms with van der Waals surface area (Å²) in [5.74, 6) is -0.618. The number of esters is 1. The molecule has 0 radical (unpaired) electrons. The van der Waals surface area contributed by atoms with Crippen LogP contribution < -0.4 is 9.47 Å². The summed E-state index contributed by atoms with van der Waals surface area (Å²) in [4.78, 5) is 23.9. The number of carbonyl (C=O) groups is 2. The summed E-state index contributed by atoms with van der Waals surface area (Å²) in [7, 11) is 4.32. The van der Waals surface area contributed by atoms with Crippen LogP contribution in [0.3, 0.4) is 0 Å². The fourth-order valence-corrected chi connectivity index (χ4v) is 2.41. The van der Waals surface area contributed by atoms with Crippen LogP contribution >= 0.6 is 0 Å². The highest BCUT2D eigenvalue weighted by Crippen LogP contribution is 2.37. The van der Waals surface area contributed by atoms with Gasteiger partial charge in [-0.15, -0.1) is 0 Å². The van der Waals surface area contributed by atoms with Crippen molar-refractivity contribution in [1.29, 1.82) is 0 Å². The van der Waals surface area contributed by atoms with E-state index in [9.17, 15) is 9.59 Å². The van der Waals surface area contributed by atoms with Crippen LogP contribution in [0, 0.1) is 5.92 Å². The van der Waals surface area contributed by atoms with Gasteiger partial charge in [-0.05, 0) is 17.7 Å². The molecule has 6 heteroatoms. The third kappa shape index (κ3) is 3.00. The van der Waals surface area contributed by atoms with Crippen molar-refractivity contribution in [3.63, 3.8) is 0 Å². The second-order valence-electron chi connectivity index (χ2n) is 4.62. The van der Waals surface area contributed by atoms with E-state index in [-0.39, 0.29) is 18.8 Å². The molecule has 6 nitrogen and oxygen atoms in total. The van der Waals surface area contributed by atoms with Gasteiger partial charge in [-0.25, -0.2) is 0 Å². The summed E-state index contributed by atoms with van der Waals surface area (Å²) >= 11 is 0. The average Bonchev–Trinajstić information content (AvgIpc) is 2.53. The number of hydrogen-bond donors (Lipinski definition) is 0. The lowest BCUT2D eigenvalue weighted by Gasteiger charge is -2.29. The van der Waals surface area contributed by atoms with Gasteiger partial charge < -0.3 is 18.9 Å². The first-order valence-corrected chi connectivity index (χ1v) is 6.56. The lowest BCUT2D eigenvalue weighted by molar-refractivity contribution is -0.161. The summed E-state index contributed by atoms with van der Waals surface area (Å²) in [5, 5.41) is 0. The highest BCUT2D eigenvalue weighted by Gasteiger charge is 2.40. The molecule has 1 aromatic rings. The Balaban J connectivity index is 2.37. The molecule has 1 saturated heterocycles. The van der Waals surface area contributed by atoms with Crippen molar-refractivity contribution in [1.82, 2.24) is 0 Å². The molecular weight excluding hydrogens is 276 g/mol. The molecule has 2 rings (SSSR count). The molecule has 21 heavy (non-hydrogen) atoms. The van der Waals surface area contributed by atoms with Gasteiger partial charge in [-0.1, -0.05) is 6.07 Å². The third-order valence-corrected chi connectivity index (χ3v) is 3.49. The van der Waals surface area contributed by atoms with Crippen LogP contribution in [0.25, 0.3) is 0 Å². The molecular formula is C15H18O6. The molecule has 0 N–H and O–H groups in total. The van der Waals surface area contributed by atoms with E-state index < -0.39 is 18.0 Å². The second kappa shape index (κ2) is 6.58. The summed E-state index contributed by atoms with van der Waals surface area (Å²) in [6.07, 6.45) is -0.456. The van der Waals surface area contributed by atoms with Gasteiger partial charge in [-0.2, -0.15) is 0 Å². The van der Waals surface area contributed by atoms with Gasteiger partial charge in [-0.3, -0.25) is 9.59 Å². The Morgan fingerprint density at radius 1 is 1.19 bits per heavy atom. The Bertz CT molecular complexity index is 531. The number of rotatable bonds is 4. The van der Waals surface area contributed by atoms with Gasteiger partial charge in [0.2, 0.25) is 0 Å². The average molecular weight is 294 g/mol. The Kier molecular flexibility index (Phi) is 4.80. The number of benzene rings is 1. The van der Waals surface area contributed by atoms with E-state index in [0.717, 1.165) is 0 Å². The monoisotopic (exact) mass is 294 g/mol. The van der Waals surface area contributed by atoms with E-state index in [2.05, 4.69) is 0 Å². The molecule has 114 valence electrons. The van der Waals surface area contributed by atoms with Crippen molar-refractivity contribution >= 4 is 11.8 Å². The van der Waals surface area contributed by atoms with Crippen molar-refractivity contribution < 1.29 is 28.5 Å². The summed E-state index contributed by atoms with van der Waals surface area (Å²) < 4.78 is 20.7. The predicted molar refractivity (Wildman–Crippen MR) is 73.4 cm³/mol. The van der Waals surface area contributed by atoms with E-state index in [1.54, 1.807) is 18.2 Å². The minimum atomic E-state index is -0.943. The molecule has 0 saturated carbocycles. The summed E-state index contributed by atoms with van der Waals surface area (Å²) in [6, 6.07) is 5.17. The van der Waals surface area contributed by atoms with Crippen LogP contribution in [0.4, 0.5) is 0 Å². The molecule has 1 aliphatic heterocycles. The number of Topliss-reactive ketones (excluding diaryl/α,β-unsaturated/α-hetero) is 1. The number of methoxy groups -OCH3 is 3. The Morgan fingerprint density at radius 3 is 2.52 bits per heavy atom. The number of carbonyl (C=O) groups excluding carboxylic acids is 2. The van der Waals surface area contributed by atoms with Crippen molar-refractivity contribution in [3.05, 3.63) is 23.8 Å². The van der Waals surface area contributed by atoms with Gasteiger partial charge in [0.05, 0.1) is 27.9 Å². The fraction of sp³-hybridized carbons (Fsp3) is 0.467. The zero-order chi connectivity index (χ0) is 15.4. The van der Waals surface area contributed by atoms with Crippen LogP contribution in [0.1, 0.15) is 18.1 Å². The zero-order valence-corrected chi connectivity index (χ0v) is 12.3. The smallest absolute Gasteiger partial charge is 0.319 e. The molecule has 0 aromatic heterocycles. The lowest BCUT2D eigenvalue weighted by atomic mass is 9.88. The highest BCUT2D eigenvalue weighted by atomic mass is 16.5. The first kappa shape index (κ1) is 15.3. The maximum atomic E-state index is 12.0. The van der Waals surface area contributed by atoms with Gasteiger partial charge in [0.25, 0.3) is 0 Å². The SMILES string of the molecule is COC(=O)[C@H]1C(=O)CCO[C@@H]1c1ccc(OC)c(OC)c1. The maximum Gasteiger partial charge on any atom is 0.319 e. The zero-order valence-electron chi connectivity index (χ0n) is 12.3. The van der Waals surface area contributed by atoms with E-state index in [4.69, 9.17) is 18.9 Å². The molecule has 0 unspecified atom stereocenters. The first-order valence-electron chi connectivity index (χ1n) is 6.56. The van der Waals surface area contributed by atoms with Crippen LogP contribution in [0.5, 0.6) is 11.5 Å². The quantitative estimate of drug-likeness (QED) is 0.619. The maximum absolute atomic E-state index is 12.0. The largest absolute Gasteiger partial charge is 0.493 e. The molecule has 1 fully saturated rings. The second-order valence-corrected chi connectivity index (χ2v) is 4.62. The molecule has 0 amide bonds. The highest BCUT2D eigenvalue weighted by molar-refractivity contribution is 6.00. The molecule has 0 spiro atoms. The Morgan fingerprint density at radius 2 is 1.90 bits per heavy atom. The summed E-state index contributed by atoms with van der Waals surface area (Å²) in [5.41, 5.74) is 0.677. The summed E-state index contributed by atoms with van der Waals surface area (Å²) in [6.45, 7) is 0.283. The van der Waals surface area contributed by atoms with Gasteiger partial charge in [0.15, 0.2) is 17.3 Å². The van der Waals surface area contributed by atoms with Crippen LogP contribution in [0.15, 0.2) is 18.2 Å². The topological polar surface area (TPSA) is 71.1 Å². The van der Waals surface area contributed by atoms with Crippen molar-refractivity contribution in [2.24, 2.45) is 5.92 Å². The standard InChI is InChI=1S/C15H18O6/c1-18-11-5-4-9(8-12(11)19-2)14-13(15(17)20-3)10(16)6-7-21-14/h4-5,8,13-14H,6-7H2,1-3H3/t13-,14+/m0/s1. The molecule has 2 atom stereocenters. The van der Waals surface area contributed by atoms with Gasteiger partial charge >= 0.3 is 5.97 Å². The normalized spacial score (nSPS) is 21.8. The molecule has 1 heterocycles. The van der Waals surface area contributed by atoms with Crippen molar-refractivity contribution in [2.75, 3.05) is 27.9 Å². The van der Waals surface area contributed by atoms with E-state index in [1.807, 2.05) is 0 Å². The molecule has 1 aliphatic rings. The van der Waals surface area contributed by atoms with E-state index in [1.165, 1.54) is 21.3 Å². The van der Waals surface area contributed by atoms with Gasteiger partial charge in [0.1, 0.15) is 12.0 Å². The third-order valence-electron chi connectivity index (χ3n) is 3.49. The molecule has 0 bridgehead atoms. The van der Waals surface area contributed by atoms with Crippen LogP contribution in [0.2, 0.25) is 0 Å². The van der Waals surface area contributed by atoms with E-state index >= 15 is 0 Å². The Labute approximate surface area is 122 Å². The Hall–Kier alpha value is -2.08. The van der Waals surface area contributed by atoms with Gasteiger partial charge in [0, 0.05) is 6.42 Å². The van der Waals surface area contributed by atoms with Crippen molar-refractivity contribution in [3.8, 4) is 11.5 Å². The van der Waals surface area contributed by atoms with Crippen LogP contribution in [-0.2, 0) is 19.1 Å². The minimum absolute atomic E-state index is 0.173.